The monoisotopic (exact) mass is 326 g/mol. The van der Waals surface area contributed by atoms with Gasteiger partial charge in [0.15, 0.2) is 0 Å². The first-order chi connectivity index (χ1) is 10.5. The van der Waals surface area contributed by atoms with Crippen LogP contribution in [0.2, 0.25) is 0 Å². The molecule has 1 aliphatic carbocycles. The molecule has 0 saturated heterocycles. The summed E-state index contributed by atoms with van der Waals surface area (Å²) in [7, 11) is -3.23. The third-order valence-electron chi connectivity index (χ3n) is 3.65. The lowest BCUT2D eigenvalue weighted by atomic mass is 9.94. The van der Waals surface area contributed by atoms with Crippen molar-refractivity contribution in [2.75, 3.05) is 11.1 Å². The van der Waals surface area contributed by atoms with Crippen molar-refractivity contribution < 1.29 is 17.9 Å². The fourth-order valence-corrected chi connectivity index (χ4v) is 3.41. The smallest absolute Gasteiger partial charge is 0.411 e. The maximum absolute atomic E-state index is 11.9. The minimum atomic E-state index is -3.23. The van der Waals surface area contributed by atoms with Gasteiger partial charge in [-0.25, -0.2) is 17.9 Å². The molecular formula is C15H22N2O4S. The van der Waals surface area contributed by atoms with Gasteiger partial charge in [-0.2, -0.15) is 0 Å². The summed E-state index contributed by atoms with van der Waals surface area (Å²) in [6.07, 6.45) is 2.12. The van der Waals surface area contributed by atoms with Gasteiger partial charge in [-0.05, 0) is 38.3 Å². The number of rotatable bonds is 5. The number of amides is 1. The lowest BCUT2D eigenvalue weighted by Crippen LogP contribution is -2.41. The molecule has 122 valence electrons. The molecule has 1 saturated carbocycles. The molecule has 0 aliphatic heterocycles. The molecule has 0 aromatic heterocycles. The maximum Gasteiger partial charge on any atom is 0.411 e. The topological polar surface area (TPSA) is 84.5 Å². The summed E-state index contributed by atoms with van der Waals surface area (Å²) in [6, 6.07) is 8.91. The van der Waals surface area contributed by atoms with E-state index in [9.17, 15) is 13.2 Å². The Kier molecular flexibility index (Phi) is 5.79. The van der Waals surface area contributed by atoms with E-state index in [0.717, 1.165) is 19.3 Å². The lowest BCUT2D eigenvalue weighted by Gasteiger charge is -2.29. The summed E-state index contributed by atoms with van der Waals surface area (Å²) >= 11 is 0. The molecule has 0 radical (unpaired) electrons. The number of hydrogen-bond acceptors (Lipinski definition) is 4. The Morgan fingerprint density at radius 2 is 2.00 bits per heavy atom. The molecule has 0 heterocycles. The van der Waals surface area contributed by atoms with Crippen molar-refractivity contribution in [3.8, 4) is 0 Å². The SMILES string of the molecule is CCS(=O)(=O)N[C@H]1CCC[C@H](OC(=O)Nc2ccccc2)C1. The summed E-state index contributed by atoms with van der Waals surface area (Å²) in [4.78, 5) is 11.9. The van der Waals surface area contributed by atoms with E-state index in [2.05, 4.69) is 10.0 Å². The van der Waals surface area contributed by atoms with Crippen LogP contribution in [0.15, 0.2) is 30.3 Å². The van der Waals surface area contributed by atoms with Crippen LogP contribution in [0.1, 0.15) is 32.6 Å². The number of carbonyl (C=O) groups excluding carboxylic acids is 1. The molecule has 1 amide bonds. The average Bonchev–Trinajstić information content (AvgIpc) is 2.48. The highest BCUT2D eigenvalue weighted by Crippen LogP contribution is 2.22. The molecule has 0 bridgehead atoms. The normalized spacial score (nSPS) is 22.0. The third kappa shape index (κ3) is 5.31. The maximum atomic E-state index is 11.9. The minimum absolute atomic E-state index is 0.0590. The lowest BCUT2D eigenvalue weighted by molar-refractivity contribution is 0.0793. The van der Waals surface area contributed by atoms with Crippen LogP contribution >= 0.6 is 0 Å². The molecule has 7 heteroatoms. The van der Waals surface area contributed by atoms with Crippen molar-refractivity contribution >= 4 is 21.8 Å². The Bertz CT molecular complexity index is 589. The zero-order chi connectivity index (χ0) is 16.0. The number of carbonyl (C=O) groups is 1. The first kappa shape index (κ1) is 16.8. The second-order valence-electron chi connectivity index (χ2n) is 5.40. The Labute approximate surface area is 131 Å². The highest BCUT2D eigenvalue weighted by atomic mass is 32.2. The summed E-state index contributed by atoms with van der Waals surface area (Å²) in [5, 5.41) is 2.66. The van der Waals surface area contributed by atoms with E-state index < -0.39 is 16.1 Å². The van der Waals surface area contributed by atoms with Crippen LogP contribution in [0.4, 0.5) is 10.5 Å². The zero-order valence-electron chi connectivity index (χ0n) is 12.6. The summed E-state index contributed by atoms with van der Waals surface area (Å²) in [5.74, 6) is 0.0590. The van der Waals surface area contributed by atoms with Crippen molar-refractivity contribution in [3.63, 3.8) is 0 Å². The van der Waals surface area contributed by atoms with Crippen molar-refractivity contribution in [1.82, 2.24) is 4.72 Å². The van der Waals surface area contributed by atoms with E-state index in [1.165, 1.54) is 0 Å². The summed E-state index contributed by atoms with van der Waals surface area (Å²) in [5.41, 5.74) is 0.673. The van der Waals surface area contributed by atoms with Crippen LogP contribution in [0.5, 0.6) is 0 Å². The quantitative estimate of drug-likeness (QED) is 0.870. The van der Waals surface area contributed by atoms with Crippen LogP contribution in [0.3, 0.4) is 0 Å². The Balaban J connectivity index is 1.83. The minimum Gasteiger partial charge on any atom is -0.446 e. The van der Waals surface area contributed by atoms with E-state index in [1.807, 2.05) is 18.2 Å². The second-order valence-corrected chi connectivity index (χ2v) is 7.45. The van der Waals surface area contributed by atoms with Crippen LogP contribution in [-0.2, 0) is 14.8 Å². The fraction of sp³-hybridized carbons (Fsp3) is 0.533. The largest absolute Gasteiger partial charge is 0.446 e. The molecule has 1 aromatic carbocycles. The fourth-order valence-electron chi connectivity index (χ4n) is 2.52. The van der Waals surface area contributed by atoms with Crippen LogP contribution in [-0.4, -0.2) is 32.4 Å². The van der Waals surface area contributed by atoms with Crippen LogP contribution < -0.4 is 10.0 Å². The molecule has 1 aromatic rings. The summed E-state index contributed by atoms with van der Waals surface area (Å²) in [6.45, 7) is 1.60. The van der Waals surface area contributed by atoms with E-state index in [4.69, 9.17) is 4.74 Å². The molecule has 0 spiro atoms. The van der Waals surface area contributed by atoms with Gasteiger partial charge in [0.1, 0.15) is 6.10 Å². The highest BCUT2D eigenvalue weighted by molar-refractivity contribution is 7.89. The van der Waals surface area contributed by atoms with Gasteiger partial charge in [-0.3, -0.25) is 5.32 Å². The number of benzene rings is 1. The average molecular weight is 326 g/mol. The first-order valence-corrected chi connectivity index (χ1v) is 9.16. The number of hydrogen-bond donors (Lipinski definition) is 2. The first-order valence-electron chi connectivity index (χ1n) is 7.51. The molecule has 2 atom stereocenters. The number of para-hydroxylation sites is 1. The molecule has 0 unspecified atom stereocenters. The standard InChI is InChI=1S/C15H22N2O4S/c1-2-22(19,20)17-13-9-6-10-14(11-13)21-15(18)16-12-7-4-3-5-8-12/h3-5,7-8,13-14,17H,2,6,9-11H2,1H3,(H,16,18)/t13-,14-/m0/s1. The molecule has 6 nitrogen and oxygen atoms in total. The molecule has 2 N–H and O–H groups in total. The predicted octanol–water partition coefficient (Wildman–Crippen LogP) is 2.49. The molecule has 22 heavy (non-hydrogen) atoms. The van der Waals surface area contributed by atoms with E-state index in [1.54, 1.807) is 19.1 Å². The van der Waals surface area contributed by atoms with E-state index >= 15 is 0 Å². The zero-order valence-corrected chi connectivity index (χ0v) is 13.4. The Hall–Kier alpha value is -1.60. The van der Waals surface area contributed by atoms with Crippen molar-refractivity contribution in [2.45, 2.75) is 44.8 Å². The number of anilines is 1. The van der Waals surface area contributed by atoms with Gasteiger partial charge in [0.25, 0.3) is 0 Å². The van der Waals surface area contributed by atoms with E-state index in [0.29, 0.717) is 12.1 Å². The van der Waals surface area contributed by atoms with Crippen molar-refractivity contribution in [2.24, 2.45) is 0 Å². The van der Waals surface area contributed by atoms with Crippen molar-refractivity contribution in [1.29, 1.82) is 0 Å². The number of nitrogens with one attached hydrogen (secondary N) is 2. The highest BCUT2D eigenvalue weighted by Gasteiger charge is 2.27. The van der Waals surface area contributed by atoms with Gasteiger partial charge >= 0.3 is 6.09 Å². The van der Waals surface area contributed by atoms with E-state index in [-0.39, 0.29) is 17.9 Å². The second kappa shape index (κ2) is 7.60. The molecule has 1 aliphatic rings. The van der Waals surface area contributed by atoms with Crippen LogP contribution in [0, 0.1) is 0 Å². The number of ether oxygens (including phenoxy) is 1. The van der Waals surface area contributed by atoms with Gasteiger partial charge in [-0.1, -0.05) is 18.2 Å². The van der Waals surface area contributed by atoms with Crippen LogP contribution in [0.25, 0.3) is 0 Å². The van der Waals surface area contributed by atoms with Gasteiger partial charge in [0, 0.05) is 18.2 Å². The van der Waals surface area contributed by atoms with Gasteiger partial charge in [-0.15, -0.1) is 0 Å². The summed E-state index contributed by atoms with van der Waals surface area (Å²) < 4.78 is 31.3. The molecular weight excluding hydrogens is 304 g/mol. The van der Waals surface area contributed by atoms with Gasteiger partial charge in [0.05, 0.1) is 5.75 Å². The number of sulfonamides is 1. The Morgan fingerprint density at radius 3 is 2.68 bits per heavy atom. The third-order valence-corrected chi connectivity index (χ3v) is 5.10. The molecule has 2 rings (SSSR count). The Morgan fingerprint density at radius 1 is 1.27 bits per heavy atom. The van der Waals surface area contributed by atoms with Gasteiger partial charge in [0.2, 0.25) is 10.0 Å². The van der Waals surface area contributed by atoms with Crippen molar-refractivity contribution in [3.05, 3.63) is 30.3 Å². The van der Waals surface area contributed by atoms with Gasteiger partial charge < -0.3 is 4.74 Å². The predicted molar refractivity (Wildman–Crippen MR) is 85.2 cm³/mol. The molecule has 1 fully saturated rings.